The van der Waals surface area contributed by atoms with Crippen LogP contribution >= 0.6 is 0 Å². The molecule has 0 bridgehead atoms. The number of rotatable bonds is 4. The van der Waals surface area contributed by atoms with E-state index in [1.807, 2.05) is 0 Å². The van der Waals surface area contributed by atoms with Gasteiger partial charge in [-0.2, -0.15) is 4.58 Å². The number of nitrogens with zero attached hydrogens (tertiary/aromatic N) is 1. The van der Waals surface area contributed by atoms with Gasteiger partial charge in [-0.25, -0.2) is 0 Å². The number of benzene rings is 1. The van der Waals surface area contributed by atoms with E-state index in [0.717, 1.165) is 5.92 Å². The largest absolute Gasteiger partial charge is 0.212 e. The fourth-order valence-electron chi connectivity index (χ4n) is 5.70. The van der Waals surface area contributed by atoms with Crippen molar-refractivity contribution in [3.63, 3.8) is 0 Å². The van der Waals surface area contributed by atoms with Gasteiger partial charge in [0.1, 0.15) is 0 Å². The Balaban J connectivity index is 2.14. The highest BCUT2D eigenvalue weighted by atomic mass is 15.1. The van der Waals surface area contributed by atoms with Crippen LogP contribution in [0.4, 0.5) is 5.69 Å². The molecule has 1 aliphatic carbocycles. The van der Waals surface area contributed by atoms with Crippen molar-refractivity contribution >= 4 is 11.9 Å². The summed E-state index contributed by atoms with van der Waals surface area (Å²) in [5, 5.41) is 0. The summed E-state index contributed by atoms with van der Waals surface area (Å²) >= 11 is 0. The molecule has 0 amide bonds. The molecule has 1 heterocycles. The zero-order valence-corrected chi connectivity index (χ0v) is 18.2. The van der Waals surface area contributed by atoms with Crippen molar-refractivity contribution in [1.82, 2.24) is 0 Å². The second-order valence-electron chi connectivity index (χ2n) is 10.4. The fourth-order valence-corrected chi connectivity index (χ4v) is 5.70. The molecule has 1 saturated carbocycles. The predicted molar refractivity (Wildman–Crippen MR) is 114 cm³/mol. The van der Waals surface area contributed by atoms with Crippen LogP contribution < -0.4 is 0 Å². The van der Waals surface area contributed by atoms with E-state index >= 15 is 0 Å². The standard InChI is InChI=1S/C25H40N/c1-18(2)21-14-11-15-22(19(3)4)23(21)26-17-25(7,16-24(26,5)6)20-12-9-8-10-13-20/h11,14-15,17-20H,8-10,12-13,16H2,1-7H3/q+1. The van der Waals surface area contributed by atoms with Crippen molar-refractivity contribution < 1.29 is 4.58 Å². The second-order valence-corrected chi connectivity index (χ2v) is 10.4. The van der Waals surface area contributed by atoms with Gasteiger partial charge in [-0.1, -0.05) is 65.2 Å². The van der Waals surface area contributed by atoms with E-state index in [-0.39, 0.29) is 5.54 Å². The van der Waals surface area contributed by atoms with Crippen molar-refractivity contribution in [2.24, 2.45) is 11.3 Å². The van der Waals surface area contributed by atoms with Gasteiger partial charge in [-0.05, 0) is 37.5 Å². The molecule has 2 aliphatic rings. The first kappa shape index (κ1) is 19.6. The summed E-state index contributed by atoms with van der Waals surface area (Å²) in [4.78, 5) is 0. The smallest absolute Gasteiger partial charge is 0.197 e. The minimum atomic E-state index is 0.181. The van der Waals surface area contributed by atoms with E-state index in [1.165, 1.54) is 55.3 Å². The summed E-state index contributed by atoms with van der Waals surface area (Å²) < 4.78 is 2.69. The van der Waals surface area contributed by atoms with E-state index in [9.17, 15) is 0 Å². The van der Waals surface area contributed by atoms with Gasteiger partial charge >= 0.3 is 0 Å². The molecule has 3 rings (SSSR count). The SMILES string of the molecule is CC(C)c1cccc(C(C)C)c1[N+]1=CC(C)(C2CCCCC2)CC1(C)C. The van der Waals surface area contributed by atoms with Crippen LogP contribution in [0.2, 0.25) is 0 Å². The average Bonchev–Trinajstić information content (AvgIpc) is 2.85. The molecule has 1 fully saturated rings. The Hall–Kier alpha value is -1.11. The van der Waals surface area contributed by atoms with Crippen molar-refractivity contribution in [2.75, 3.05) is 0 Å². The molecule has 26 heavy (non-hydrogen) atoms. The third kappa shape index (κ3) is 3.51. The van der Waals surface area contributed by atoms with Gasteiger partial charge in [-0.15, -0.1) is 0 Å². The molecule has 1 nitrogen and oxygen atoms in total. The maximum atomic E-state index is 2.69. The van der Waals surface area contributed by atoms with E-state index < -0.39 is 0 Å². The van der Waals surface area contributed by atoms with Gasteiger partial charge in [0.15, 0.2) is 11.8 Å². The van der Waals surface area contributed by atoms with Crippen molar-refractivity contribution in [3.05, 3.63) is 29.3 Å². The Kier molecular flexibility index (Phi) is 5.39. The van der Waals surface area contributed by atoms with E-state index in [4.69, 9.17) is 0 Å². The number of hydrogen-bond donors (Lipinski definition) is 0. The maximum Gasteiger partial charge on any atom is 0.212 e. The Labute approximate surface area is 161 Å². The molecule has 1 atom stereocenters. The minimum absolute atomic E-state index is 0.181. The third-order valence-electron chi connectivity index (χ3n) is 7.01. The molecule has 1 heteroatoms. The van der Waals surface area contributed by atoms with Gasteiger partial charge < -0.3 is 0 Å². The Morgan fingerprint density at radius 1 is 0.885 bits per heavy atom. The highest BCUT2D eigenvalue weighted by Crippen LogP contribution is 2.50. The fraction of sp³-hybridized carbons (Fsp3) is 0.720. The average molecular weight is 355 g/mol. The van der Waals surface area contributed by atoms with Gasteiger partial charge in [0.2, 0.25) is 5.69 Å². The summed E-state index contributed by atoms with van der Waals surface area (Å²) in [6.45, 7) is 16.8. The first-order chi connectivity index (χ1) is 12.2. The normalized spacial score (nSPS) is 26.6. The molecule has 0 saturated heterocycles. The number of hydrogen-bond acceptors (Lipinski definition) is 0. The molecule has 144 valence electrons. The quantitative estimate of drug-likeness (QED) is 0.495. The summed E-state index contributed by atoms with van der Waals surface area (Å²) in [5.74, 6) is 1.96. The molecule has 1 unspecified atom stereocenters. The lowest BCUT2D eigenvalue weighted by atomic mass is 9.67. The van der Waals surface area contributed by atoms with Gasteiger partial charge in [0, 0.05) is 31.4 Å². The van der Waals surface area contributed by atoms with Crippen LogP contribution in [0.5, 0.6) is 0 Å². The molecule has 1 aromatic carbocycles. The highest BCUT2D eigenvalue weighted by Gasteiger charge is 2.52. The van der Waals surface area contributed by atoms with E-state index in [0.29, 0.717) is 17.3 Å². The van der Waals surface area contributed by atoms with Gasteiger partial charge in [0.05, 0.1) is 5.41 Å². The molecule has 1 aliphatic heterocycles. The monoisotopic (exact) mass is 354 g/mol. The van der Waals surface area contributed by atoms with Crippen LogP contribution in [0.25, 0.3) is 0 Å². The zero-order chi connectivity index (χ0) is 19.1. The Morgan fingerprint density at radius 3 is 1.92 bits per heavy atom. The maximum absolute atomic E-state index is 2.69. The lowest BCUT2D eigenvalue weighted by Crippen LogP contribution is -2.33. The molecule has 0 aromatic heterocycles. The van der Waals surface area contributed by atoms with Crippen molar-refractivity contribution in [3.8, 4) is 0 Å². The first-order valence-corrected chi connectivity index (χ1v) is 10.9. The second kappa shape index (κ2) is 7.13. The van der Waals surface area contributed by atoms with Crippen LogP contribution in [-0.2, 0) is 0 Å². The topological polar surface area (TPSA) is 3.01 Å². The Bertz CT molecular complexity index is 647. The molecule has 0 N–H and O–H groups in total. The van der Waals surface area contributed by atoms with E-state index in [1.54, 1.807) is 0 Å². The predicted octanol–water partition coefficient (Wildman–Crippen LogP) is 7.42. The molecule has 0 radical (unpaired) electrons. The summed E-state index contributed by atoms with van der Waals surface area (Å²) in [6, 6.07) is 6.97. The first-order valence-electron chi connectivity index (χ1n) is 10.9. The molecular weight excluding hydrogens is 314 g/mol. The lowest BCUT2D eigenvalue weighted by molar-refractivity contribution is -0.513. The molecule has 0 spiro atoms. The van der Waals surface area contributed by atoms with Gasteiger partial charge in [-0.3, -0.25) is 0 Å². The Morgan fingerprint density at radius 2 is 1.42 bits per heavy atom. The van der Waals surface area contributed by atoms with Crippen molar-refractivity contribution in [2.45, 2.75) is 104 Å². The highest BCUT2D eigenvalue weighted by molar-refractivity contribution is 5.67. The molecular formula is C25H40N+. The van der Waals surface area contributed by atoms with Crippen LogP contribution in [0.15, 0.2) is 18.2 Å². The minimum Gasteiger partial charge on any atom is -0.197 e. The van der Waals surface area contributed by atoms with Crippen LogP contribution in [0.3, 0.4) is 0 Å². The lowest BCUT2D eigenvalue weighted by Gasteiger charge is -2.33. The van der Waals surface area contributed by atoms with Crippen LogP contribution in [-0.4, -0.2) is 16.3 Å². The summed E-state index contributed by atoms with van der Waals surface area (Å²) in [7, 11) is 0. The summed E-state index contributed by atoms with van der Waals surface area (Å²) in [5.41, 5.74) is 5.03. The van der Waals surface area contributed by atoms with E-state index in [2.05, 4.69) is 77.5 Å². The van der Waals surface area contributed by atoms with Crippen molar-refractivity contribution in [1.29, 1.82) is 0 Å². The third-order valence-corrected chi connectivity index (χ3v) is 7.01. The zero-order valence-electron chi connectivity index (χ0n) is 18.2. The van der Waals surface area contributed by atoms with Crippen LogP contribution in [0, 0.1) is 11.3 Å². The molecule has 1 aromatic rings. The summed E-state index contributed by atoms with van der Waals surface area (Å²) in [6.07, 6.45) is 11.0. The van der Waals surface area contributed by atoms with Gasteiger partial charge in [0.25, 0.3) is 0 Å². The number of para-hydroxylation sites is 1. The van der Waals surface area contributed by atoms with Crippen LogP contribution in [0.1, 0.15) is 110 Å².